The zero-order valence-corrected chi connectivity index (χ0v) is 7.36. The topological polar surface area (TPSA) is 83.6 Å². The van der Waals surface area contributed by atoms with E-state index in [1.165, 1.54) is 4.90 Å². The molecule has 0 aromatic carbocycles. The lowest BCUT2D eigenvalue weighted by Gasteiger charge is -2.40. The highest BCUT2D eigenvalue weighted by atomic mass is 16.4. The first kappa shape index (κ1) is 9.73. The minimum Gasteiger partial charge on any atom is -0.479 e. The number of carboxylic acid groups (broad SMARTS) is 1. The Morgan fingerprint density at radius 1 is 1.85 bits per heavy atom. The maximum atomic E-state index is 11.1. The minimum atomic E-state index is -1.06. The van der Waals surface area contributed by atoms with Gasteiger partial charge in [0.15, 0.2) is 6.04 Å². The molecule has 3 N–H and O–H groups in total. The zero-order valence-electron chi connectivity index (χ0n) is 7.36. The molecule has 0 bridgehead atoms. The Morgan fingerprint density at radius 3 is 2.62 bits per heavy atom. The molecule has 0 spiro atoms. The van der Waals surface area contributed by atoms with E-state index in [1.54, 1.807) is 6.92 Å². The fraction of sp³-hybridized carbons (Fsp3) is 0.500. The van der Waals surface area contributed by atoms with E-state index in [-0.39, 0.29) is 5.91 Å². The predicted molar refractivity (Wildman–Crippen MR) is 45.9 cm³/mol. The number of rotatable bonds is 3. The van der Waals surface area contributed by atoms with Crippen molar-refractivity contribution in [3.63, 3.8) is 0 Å². The fourth-order valence-electron chi connectivity index (χ4n) is 1.32. The lowest BCUT2D eigenvalue weighted by Crippen LogP contribution is -2.65. The number of amides is 1. The molecule has 5 heteroatoms. The molecule has 13 heavy (non-hydrogen) atoms. The van der Waals surface area contributed by atoms with Crippen LogP contribution in [0.25, 0.3) is 0 Å². The van der Waals surface area contributed by atoms with Gasteiger partial charge in [-0.25, -0.2) is 4.79 Å². The number of hydrogen-bond acceptors (Lipinski definition) is 3. The Labute approximate surface area is 75.8 Å². The van der Waals surface area contributed by atoms with Crippen LogP contribution in [-0.2, 0) is 9.59 Å². The Balaban J connectivity index is 2.74. The van der Waals surface area contributed by atoms with Crippen molar-refractivity contribution in [3.8, 4) is 0 Å². The monoisotopic (exact) mass is 184 g/mol. The smallest absolute Gasteiger partial charge is 0.330 e. The van der Waals surface area contributed by atoms with Crippen molar-refractivity contribution in [2.75, 3.05) is 6.54 Å². The summed E-state index contributed by atoms with van der Waals surface area (Å²) in [6.07, 6.45) is 0. The lowest BCUT2D eigenvalue weighted by molar-refractivity contribution is -0.155. The van der Waals surface area contributed by atoms with Crippen LogP contribution < -0.4 is 5.73 Å². The molecule has 2 atom stereocenters. The normalized spacial score (nSPS) is 23.7. The number of carboxylic acids is 1. The third kappa shape index (κ3) is 1.55. The van der Waals surface area contributed by atoms with Gasteiger partial charge in [-0.1, -0.05) is 6.58 Å². The largest absolute Gasteiger partial charge is 0.479 e. The van der Waals surface area contributed by atoms with Crippen LogP contribution in [0.15, 0.2) is 12.2 Å². The number of nitrogens with two attached hydrogens (primary N) is 1. The van der Waals surface area contributed by atoms with Gasteiger partial charge in [-0.15, -0.1) is 0 Å². The molecule has 0 aliphatic carbocycles. The van der Waals surface area contributed by atoms with E-state index in [9.17, 15) is 9.59 Å². The van der Waals surface area contributed by atoms with Gasteiger partial charge < -0.3 is 15.7 Å². The molecule has 1 amide bonds. The quantitative estimate of drug-likeness (QED) is 0.443. The van der Waals surface area contributed by atoms with Gasteiger partial charge in [0, 0.05) is 6.54 Å². The summed E-state index contributed by atoms with van der Waals surface area (Å²) in [6, 6.07) is -1.46. The van der Waals surface area contributed by atoms with Crippen molar-refractivity contribution in [3.05, 3.63) is 12.2 Å². The van der Waals surface area contributed by atoms with E-state index in [1.807, 2.05) is 0 Å². The van der Waals surface area contributed by atoms with E-state index in [0.717, 1.165) is 0 Å². The van der Waals surface area contributed by atoms with E-state index >= 15 is 0 Å². The van der Waals surface area contributed by atoms with E-state index in [2.05, 4.69) is 6.58 Å². The fourth-order valence-corrected chi connectivity index (χ4v) is 1.32. The minimum absolute atomic E-state index is 0.294. The van der Waals surface area contributed by atoms with Crippen LogP contribution in [-0.4, -0.2) is 40.5 Å². The molecule has 1 aliphatic rings. The second-order valence-corrected chi connectivity index (χ2v) is 3.18. The van der Waals surface area contributed by atoms with Crippen molar-refractivity contribution in [2.24, 2.45) is 5.73 Å². The van der Waals surface area contributed by atoms with Crippen molar-refractivity contribution >= 4 is 11.9 Å². The number of nitrogens with zero attached hydrogens (tertiary/aromatic N) is 1. The highest BCUT2D eigenvalue weighted by Crippen LogP contribution is 2.17. The van der Waals surface area contributed by atoms with Crippen LogP contribution in [0.1, 0.15) is 6.92 Å². The van der Waals surface area contributed by atoms with Crippen LogP contribution >= 0.6 is 0 Å². The van der Waals surface area contributed by atoms with Gasteiger partial charge in [-0.05, 0) is 12.5 Å². The molecule has 72 valence electrons. The third-order valence-corrected chi connectivity index (χ3v) is 2.01. The Kier molecular flexibility index (Phi) is 2.38. The first-order valence-electron chi connectivity index (χ1n) is 3.89. The lowest BCUT2D eigenvalue weighted by atomic mass is 10.0. The number of aliphatic carboxylic acids is 1. The molecule has 0 aromatic heterocycles. The molecule has 0 aromatic rings. The molecule has 1 unspecified atom stereocenters. The van der Waals surface area contributed by atoms with Crippen molar-refractivity contribution in [2.45, 2.75) is 19.0 Å². The SMILES string of the molecule is C=C(C)C(C(=O)O)N1C[C@H](N)C1=O. The molecule has 0 saturated carbocycles. The van der Waals surface area contributed by atoms with Crippen molar-refractivity contribution < 1.29 is 14.7 Å². The summed E-state index contributed by atoms with van der Waals surface area (Å²) >= 11 is 0. The van der Waals surface area contributed by atoms with Crippen LogP contribution in [0.3, 0.4) is 0 Å². The van der Waals surface area contributed by atoms with E-state index < -0.39 is 18.1 Å². The standard InChI is InChI=1S/C8H12N2O3/c1-4(2)6(8(12)13)10-3-5(9)7(10)11/h5-6H,1,3,9H2,2H3,(H,12,13)/t5-,6?/m0/s1. The predicted octanol–water partition coefficient (Wildman–Crippen LogP) is -0.815. The maximum Gasteiger partial charge on any atom is 0.330 e. The molecular formula is C8H12N2O3. The zero-order chi connectivity index (χ0) is 10.2. The Hall–Kier alpha value is -1.36. The van der Waals surface area contributed by atoms with Gasteiger partial charge >= 0.3 is 5.97 Å². The summed E-state index contributed by atoms with van der Waals surface area (Å²) in [5.41, 5.74) is 5.77. The average Bonchev–Trinajstić information content (AvgIpc) is 2.02. The number of carbonyl (C=O) groups is 2. The summed E-state index contributed by atoms with van der Waals surface area (Å²) in [4.78, 5) is 23.1. The van der Waals surface area contributed by atoms with Gasteiger partial charge in [0.2, 0.25) is 5.91 Å². The summed E-state index contributed by atoms with van der Waals surface area (Å²) < 4.78 is 0. The van der Waals surface area contributed by atoms with Crippen LogP contribution in [0.5, 0.6) is 0 Å². The molecule has 1 rings (SSSR count). The molecule has 1 heterocycles. The molecule has 0 radical (unpaired) electrons. The van der Waals surface area contributed by atoms with Crippen molar-refractivity contribution in [1.82, 2.24) is 4.90 Å². The molecule has 1 saturated heterocycles. The third-order valence-electron chi connectivity index (χ3n) is 2.01. The van der Waals surface area contributed by atoms with Gasteiger partial charge in [0.25, 0.3) is 0 Å². The summed E-state index contributed by atoms with van der Waals surface area (Å²) in [5, 5.41) is 8.79. The highest BCUT2D eigenvalue weighted by Gasteiger charge is 2.41. The second-order valence-electron chi connectivity index (χ2n) is 3.18. The summed E-state index contributed by atoms with van der Waals surface area (Å²) in [6.45, 7) is 5.40. The molecule has 1 fully saturated rings. The first-order valence-corrected chi connectivity index (χ1v) is 3.89. The Bertz CT molecular complexity index is 261. The number of likely N-dealkylation sites (tertiary alicyclic amines) is 1. The number of carbonyl (C=O) groups excluding carboxylic acids is 1. The molecule has 5 nitrogen and oxygen atoms in total. The average molecular weight is 184 g/mol. The summed E-state index contributed by atoms with van der Waals surface area (Å²) in [5.74, 6) is -1.39. The van der Waals surface area contributed by atoms with Crippen molar-refractivity contribution in [1.29, 1.82) is 0 Å². The van der Waals surface area contributed by atoms with Crippen LogP contribution in [0, 0.1) is 0 Å². The highest BCUT2D eigenvalue weighted by molar-refractivity contribution is 5.93. The van der Waals surface area contributed by atoms with Gasteiger partial charge in [-0.3, -0.25) is 4.79 Å². The number of β-lactam (4-membered cyclic amide) rings is 1. The Morgan fingerprint density at radius 2 is 2.38 bits per heavy atom. The second kappa shape index (κ2) is 3.18. The molecule has 1 aliphatic heterocycles. The maximum absolute atomic E-state index is 11.1. The van der Waals surface area contributed by atoms with Gasteiger partial charge in [0.05, 0.1) is 0 Å². The van der Waals surface area contributed by atoms with Gasteiger partial charge in [-0.2, -0.15) is 0 Å². The first-order chi connectivity index (χ1) is 5.95. The van der Waals surface area contributed by atoms with Gasteiger partial charge in [0.1, 0.15) is 6.04 Å². The van der Waals surface area contributed by atoms with Crippen LogP contribution in [0.4, 0.5) is 0 Å². The van der Waals surface area contributed by atoms with Crippen LogP contribution in [0.2, 0.25) is 0 Å². The van der Waals surface area contributed by atoms with E-state index in [0.29, 0.717) is 12.1 Å². The molecular weight excluding hydrogens is 172 g/mol. The number of hydrogen-bond donors (Lipinski definition) is 2. The van der Waals surface area contributed by atoms with E-state index in [4.69, 9.17) is 10.8 Å². The summed E-state index contributed by atoms with van der Waals surface area (Å²) in [7, 11) is 0.